The molecule has 3 nitrogen and oxygen atoms in total. The summed E-state index contributed by atoms with van der Waals surface area (Å²) in [5, 5.41) is 8.06. The predicted octanol–water partition coefficient (Wildman–Crippen LogP) is 1.79. The second-order valence-corrected chi connectivity index (χ2v) is 4.69. The van der Waals surface area contributed by atoms with E-state index >= 15 is 0 Å². The Bertz CT molecular complexity index is 318. The topological polar surface area (TPSA) is 30.7 Å². The Morgan fingerprint density at radius 3 is 2.69 bits per heavy atom. The third-order valence-corrected chi connectivity index (χ3v) is 3.49. The van der Waals surface area contributed by atoms with Crippen molar-refractivity contribution in [3.05, 3.63) is 11.9 Å². The van der Waals surface area contributed by atoms with Gasteiger partial charge in [0.1, 0.15) is 0 Å². The highest BCUT2D eigenvalue weighted by molar-refractivity contribution is 6.18. The Hall–Kier alpha value is -0.570. The summed E-state index contributed by atoms with van der Waals surface area (Å²) in [6.07, 6.45) is 1.99. The molecule has 2 unspecified atom stereocenters. The van der Waals surface area contributed by atoms with Crippen LogP contribution >= 0.6 is 11.6 Å². The number of hydrogen-bond donors (Lipinski definition) is 0. The third-order valence-electron chi connectivity index (χ3n) is 3.16. The fourth-order valence-corrected chi connectivity index (χ4v) is 2.70. The number of nitrogens with zero attached hydrogens (tertiary/aromatic N) is 3. The van der Waals surface area contributed by atoms with Crippen molar-refractivity contribution in [3.8, 4) is 0 Å². The van der Waals surface area contributed by atoms with Crippen molar-refractivity contribution in [2.75, 3.05) is 5.88 Å². The number of rotatable bonds is 2. The molecule has 2 rings (SSSR count). The molecule has 1 saturated carbocycles. The van der Waals surface area contributed by atoms with Crippen LogP contribution in [0.25, 0.3) is 0 Å². The van der Waals surface area contributed by atoms with Gasteiger partial charge >= 0.3 is 0 Å². The van der Waals surface area contributed by atoms with Crippen molar-refractivity contribution in [2.24, 2.45) is 18.4 Å². The van der Waals surface area contributed by atoms with Gasteiger partial charge in [-0.1, -0.05) is 19.1 Å². The van der Waals surface area contributed by atoms with Crippen LogP contribution in [0.2, 0.25) is 0 Å². The number of aromatic nitrogens is 3. The molecular formula is C9H14ClN3. The lowest BCUT2D eigenvalue weighted by atomic mass is 10.1. The lowest BCUT2D eigenvalue weighted by Gasteiger charge is -1.97. The van der Waals surface area contributed by atoms with E-state index < -0.39 is 0 Å². The van der Waals surface area contributed by atoms with E-state index in [0.29, 0.717) is 23.1 Å². The van der Waals surface area contributed by atoms with E-state index in [1.54, 1.807) is 4.68 Å². The Balaban J connectivity index is 2.21. The van der Waals surface area contributed by atoms with Crippen LogP contribution in [0.5, 0.6) is 0 Å². The molecule has 0 spiro atoms. The summed E-state index contributed by atoms with van der Waals surface area (Å²) in [6.45, 7) is 4.47. The minimum atomic E-state index is 0.303. The third kappa shape index (κ3) is 1.26. The maximum atomic E-state index is 5.88. The average Bonchev–Trinajstić information content (AvgIpc) is 2.41. The highest BCUT2D eigenvalue weighted by atomic mass is 35.5. The van der Waals surface area contributed by atoms with E-state index in [4.69, 9.17) is 11.6 Å². The highest BCUT2D eigenvalue weighted by Crippen LogP contribution is 2.64. The number of halogens is 1. The van der Waals surface area contributed by atoms with Crippen molar-refractivity contribution in [2.45, 2.75) is 19.8 Å². The summed E-state index contributed by atoms with van der Waals surface area (Å²) in [6, 6.07) is 0. The molecule has 2 atom stereocenters. The van der Waals surface area contributed by atoms with Crippen LogP contribution < -0.4 is 0 Å². The Labute approximate surface area is 83.1 Å². The van der Waals surface area contributed by atoms with Crippen LogP contribution in [0.15, 0.2) is 6.20 Å². The maximum Gasteiger partial charge on any atom is 0.0866 e. The predicted molar refractivity (Wildman–Crippen MR) is 51.7 cm³/mol. The molecule has 1 aliphatic rings. The fourth-order valence-electron chi connectivity index (χ4n) is 2.13. The lowest BCUT2D eigenvalue weighted by Crippen LogP contribution is -1.91. The molecule has 1 fully saturated rings. The maximum absolute atomic E-state index is 5.88. The van der Waals surface area contributed by atoms with Gasteiger partial charge in [-0.2, -0.15) is 0 Å². The van der Waals surface area contributed by atoms with Gasteiger partial charge in [0, 0.05) is 25.0 Å². The first-order valence-corrected chi connectivity index (χ1v) is 5.03. The van der Waals surface area contributed by atoms with Crippen molar-refractivity contribution < 1.29 is 0 Å². The molecular weight excluding hydrogens is 186 g/mol. The SMILES string of the molecule is Cn1cc(C2C(CCl)C2(C)C)nn1. The molecule has 0 aliphatic heterocycles. The molecule has 4 heteroatoms. The summed E-state index contributed by atoms with van der Waals surface area (Å²) in [7, 11) is 1.89. The Morgan fingerprint density at radius 1 is 1.62 bits per heavy atom. The molecule has 0 saturated heterocycles. The molecule has 1 heterocycles. The zero-order valence-corrected chi connectivity index (χ0v) is 8.91. The summed E-state index contributed by atoms with van der Waals surface area (Å²) in [5.41, 5.74) is 1.38. The fraction of sp³-hybridized carbons (Fsp3) is 0.778. The molecule has 1 aromatic rings. The van der Waals surface area contributed by atoms with Crippen LogP contribution in [-0.2, 0) is 7.05 Å². The summed E-state index contributed by atoms with van der Waals surface area (Å²) in [4.78, 5) is 0. The molecule has 0 N–H and O–H groups in total. The van der Waals surface area contributed by atoms with Crippen molar-refractivity contribution in [3.63, 3.8) is 0 Å². The molecule has 0 amide bonds. The van der Waals surface area contributed by atoms with Crippen LogP contribution in [0, 0.1) is 11.3 Å². The summed E-state index contributed by atoms with van der Waals surface area (Å²) < 4.78 is 1.75. The van der Waals surface area contributed by atoms with Gasteiger partial charge in [0.2, 0.25) is 0 Å². The van der Waals surface area contributed by atoms with Gasteiger partial charge in [-0.3, -0.25) is 4.68 Å². The minimum Gasteiger partial charge on any atom is -0.255 e. The van der Waals surface area contributed by atoms with E-state index in [-0.39, 0.29) is 0 Å². The van der Waals surface area contributed by atoms with Gasteiger partial charge in [-0.25, -0.2) is 0 Å². The smallest absolute Gasteiger partial charge is 0.0866 e. The van der Waals surface area contributed by atoms with Gasteiger partial charge < -0.3 is 0 Å². The van der Waals surface area contributed by atoms with Gasteiger partial charge in [0.15, 0.2) is 0 Å². The van der Waals surface area contributed by atoms with Gasteiger partial charge in [0.25, 0.3) is 0 Å². The summed E-state index contributed by atoms with van der Waals surface area (Å²) in [5.74, 6) is 1.78. The van der Waals surface area contributed by atoms with Gasteiger partial charge in [-0.15, -0.1) is 16.7 Å². The van der Waals surface area contributed by atoms with E-state index in [0.717, 1.165) is 5.69 Å². The van der Waals surface area contributed by atoms with E-state index in [1.165, 1.54) is 0 Å². The van der Waals surface area contributed by atoms with Gasteiger partial charge in [0.05, 0.1) is 5.69 Å². The normalized spacial score (nSPS) is 30.5. The average molecular weight is 200 g/mol. The Kier molecular flexibility index (Phi) is 1.88. The number of alkyl halides is 1. The van der Waals surface area contributed by atoms with E-state index in [1.807, 2.05) is 13.2 Å². The zero-order valence-electron chi connectivity index (χ0n) is 8.16. The van der Waals surface area contributed by atoms with Crippen LogP contribution in [-0.4, -0.2) is 20.9 Å². The van der Waals surface area contributed by atoms with Crippen LogP contribution in [0.3, 0.4) is 0 Å². The second-order valence-electron chi connectivity index (χ2n) is 4.38. The molecule has 0 radical (unpaired) electrons. The standard InChI is InChI=1S/C9H14ClN3/c1-9(2)6(4-10)8(9)7-5-13(3)12-11-7/h5-6,8H,4H2,1-3H3. The lowest BCUT2D eigenvalue weighted by molar-refractivity contribution is 0.575. The molecule has 1 aromatic heterocycles. The largest absolute Gasteiger partial charge is 0.255 e. The van der Waals surface area contributed by atoms with Gasteiger partial charge in [-0.05, 0) is 11.3 Å². The quantitative estimate of drug-likeness (QED) is 0.680. The van der Waals surface area contributed by atoms with Crippen LogP contribution in [0.4, 0.5) is 0 Å². The second kappa shape index (κ2) is 2.71. The first-order valence-electron chi connectivity index (χ1n) is 4.49. The Morgan fingerprint density at radius 2 is 2.31 bits per heavy atom. The van der Waals surface area contributed by atoms with Crippen molar-refractivity contribution >= 4 is 11.6 Å². The molecule has 0 bridgehead atoms. The number of aryl methyl sites for hydroxylation is 1. The molecule has 1 aliphatic carbocycles. The molecule has 13 heavy (non-hydrogen) atoms. The number of hydrogen-bond acceptors (Lipinski definition) is 2. The van der Waals surface area contributed by atoms with E-state index in [2.05, 4.69) is 24.2 Å². The minimum absolute atomic E-state index is 0.303. The first kappa shape index (κ1) is 9.00. The van der Waals surface area contributed by atoms with E-state index in [9.17, 15) is 0 Å². The van der Waals surface area contributed by atoms with Crippen molar-refractivity contribution in [1.82, 2.24) is 15.0 Å². The zero-order chi connectivity index (χ0) is 9.64. The highest BCUT2D eigenvalue weighted by Gasteiger charge is 2.58. The van der Waals surface area contributed by atoms with Crippen LogP contribution in [0.1, 0.15) is 25.5 Å². The molecule has 0 aromatic carbocycles. The first-order chi connectivity index (χ1) is 6.07. The monoisotopic (exact) mass is 199 g/mol. The molecule has 72 valence electrons. The van der Waals surface area contributed by atoms with Crippen molar-refractivity contribution in [1.29, 1.82) is 0 Å². The summed E-state index contributed by atoms with van der Waals surface area (Å²) >= 11 is 5.88.